The number of aromatic nitrogens is 2. The Balaban J connectivity index is 2.24. The molecule has 7 nitrogen and oxygen atoms in total. The minimum Gasteiger partial charge on any atom is -0.493 e. The first-order valence-corrected chi connectivity index (χ1v) is 8.99. The van der Waals surface area contributed by atoms with E-state index >= 15 is 0 Å². The maximum Gasteiger partial charge on any atom is 0.416 e. The van der Waals surface area contributed by atoms with Gasteiger partial charge in [-0.15, -0.1) is 0 Å². The van der Waals surface area contributed by atoms with Gasteiger partial charge >= 0.3 is 6.18 Å². The fourth-order valence-electron chi connectivity index (χ4n) is 2.42. The summed E-state index contributed by atoms with van der Waals surface area (Å²) in [5.74, 6) is -0.974. The minimum absolute atomic E-state index is 0.0449. The van der Waals surface area contributed by atoms with Crippen molar-refractivity contribution in [2.45, 2.75) is 45.5 Å². The molecule has 0 aliphatic rings. The number of nitrogens with zero attached hydrogens (tertiary/aromatic N) is 2. The van der Waals surface area contributed by atoms with E-state index in [-0.39, 0.29) is 29.1 Å². The normalized spacial score (nSPS) is 13.5. The molecule has 158 valence electrons. The maximum atomic E-state index is 12.9. The van der Waals surface area contributed by atoms with E-state index in [2.05, 4.69) is 15.7 Å². The number of nitrogens with one attached hydrogen (secondary N) is 2. The number of benzene rings is 1. The summed E-state index contributed by atoms with van der Waals surface area (Å²) in [7, 11) is 1.31. The lowest BCUT2D eigenvalue weighted by atomic mass is 10.2. The van der Waals surface area contributed by atoms with Gasteiger partial charge in [0.15, 0.2) is 11.4 Å². The molecule has 2 atom stereocenters. The molecule has 0 bridgehead atoms. The van der Waals surface area contributed by atoms with Crippen molar-refractivity contribution < 1.29 is 27.5 Å². The lowest BCUT2D eigenvalue weighted by Crippen LogP contribution is -2.47. The SMILES string of the molecule is CCC(C)NC(=O)C(C)NC(=O)c1nn(-c2cccc(C(F)(F)F)c2)cc1OC. The molecule has 0 saturated heterocycles. The van der Waals surface area contributed by atoms with Crippen molar-refractivity contribution in [1.29, 1.82) is 0 Å². The molecule has 0 aliphatic heterocycles. The van der Waals surface area contributed by atoms with Gasteiger partial charge in [0.1, 0.15) is 6.04 Å². The van der Waals surface area contributed by atoms with Gasteiger partial charge in [0.05, 0.1) is 24.6 Å². The Kier molecular flexibility index (Phi) is 6.89. The summed E-state index contributed by atoms with van der Waals surface area (Å²) in [6, 6.07) is 3.64. The number of hydrogen-bond acceptors (Lipinski definition) is 4. The number of ether oxygens (including phenoxy) is 1. The van der Waals surface area contributed by atoms with Crippen molar-refractivity contribution >= 4 is 11.8 Å². The quantitative estimate of drug-likeness (QED) is 0.732. The zero-order valence-electron chi connectivity index (χ0n) is 16.5. The van der Waals surface area contributed by atoms with Gasteiger partial charge in [-0.1, -0.05) is 13.0 Å². The second-order valence-corrected chi connectivity index (χ2v) is 6.55. The van der Waals surface area contributed by atoms with Crippen molar-refractivity contribution in [3.8, 4) is 11.4 Å². The fourth-order valence-corrected chi connectivity index (χ4v) is 2.42. The van der Waals surface area contributed by atoms with Crippen LogP contribution in [0.3, 0.4) is 0 Å². The molecule has 0 aliphatic carbocycles. The standard InChI is InChI=1S/C19H23F3N4O3/c1-5-11(2)23-17(27)12(3)24-18(28)16-15(29-4)10-26(25-16)14-8-6-7-13(9-14)19(20,21)22/h6-12H,5H2,1-4H3,(H,23,27)(H,24,28). The lowest BCUT2D eigenvalue weighted by molar-refractivity contribution is -0.137. The average Bonchev–Trinajstić information content (AvgIpc) is 3.11. The Bertz CT molecular complexity index is 880. The Morgan fingerprint density at radius 2 is 1.93 bits per heavy atom. The largest absolute Gasteiger partial charge is 0.493 e. The van der Waals surface area contributed by atoms with Crippen LogP contribution < -0.4 is 15.4 Å². The van der Waals surface area contributed by atoms with Crippen LogP contribution in [0.5, 0.6) is 5.75 Å². The number of alkyl halides is 3. The summed E-state index contributed by atoms with van der Waals surface area (Å²) in [6.45, 7) is 5.28. The van der Waals surface area contributed by atoms with E-state index < -0.39 is 23.7 Å². The highest BCUT2D eigenvalue weighted by molar-refractivity contribution is 5.98. The highest BCUT2D eigenvalue weighted by atomic mass is 19.4. The number of carbonyl (C=O) groups excluding carboxylic acids is 2. The number of methoxy groups -OCH3 is 1. The summed E-state index contributed by atoms with van der Waals surface area (Å²) in [5.41, 5.74) is -0.876. The molecule has 0 spiro atoms. The molecule has 1 aromatic carbocycles. The second kappa shape index (κ2) is 8.97. The molecule has 29 heavy (non-hydrogen) atoms. The Hall–Kier alpha value is -3.04. The number of amides is 2. The molecule has 1 heterocycles. The summed E-state index contributed by atoms with van der Waals surface area (Å²) in [5, 5.41) is 9.31. The second-order valence-electron chi connectivity index (χ2n) is 6.55. The van der Waals surface area contributed by atoms with E-state index in [1.807, 2.05) is 13.8 Å². The molecule has 2 aromatic rings. The van der Waals surface area contributed by atoms with Crippen LogP contribution in [-0.2, 0) is 11.0 Å². The predicted octanol–water partition coefficient (Wildman–Crippen LogP) is 2.93. The van der Waals surface area contributed by atoms with Crippen LogP contribution in [0.15, 0.2) is 30.5 Å². The highest BCUT2D eigenvalue weighted by Crippen LogP contribution is 2.30. The van der Waals surface area contributed by atoms with E-state index in [4.69, 9.17) is 4.74 Å². The number of halogens is 3. The fraction of sp³-hybridized carbons (Fsp3) is 0.421. The van der Waals surface area contributed by atoms with Crippen LogP contribution in [0, 0.1) is 0 Å². The summed E-state index contributed by atoms with van der Waals surface area (Å²) in [6.07, 6.45) is -2.47. The van der Waals surface area contributed by atoms with Crippen LogP contribution in [0.1, 0.15) is 43.2 Å². The predicted molar refractivity (Wildman–Crippen MR) is 99.9 cm³/mol. The number of rotatable bonds is 7. The molecule has 0 radical (unpaired) electrons. The smallest absolute Gasteiger partial charge is 0.416 e. The zero-order valence-corrected chi connectivity index (χ0v) is 16.5. The first kappa shape index (κ1) is 22.3. The molecule has 0 fully saturated rings. The summed E-state index contributed by atoms with van der Waals surface area (Å²) in [4.78, 5) is 24.6. The van der Waals surface area contributed by atoms with Crippen LogP contribution in [0.2, 0.25) is 0 Å². The molecule has 2 N–H and O–H groups in total. The Labute approximate surface area is 166 Å². The van der Waals surface area contributed by atoms with Crippen molar-refractivity contribution in [2.24, 2.45) is 0 Å². The first-order valence-electron chi connectivity index (χ1n) is 8.99. The van der Waals surface area contributed by atoms with Crippen molar-refractivity contribution in [3.05, 3.63) is 41.7 Å². The highest BCUT2D eigenvalue weighted by Gasteiger charge is 2.31. The summed E-state index contributed by atoms with van der Waals surface area (Å²) < 4.78 is 45.1. The number of carbonyl (C=O) groups is 2. The van der Waals surface area contributed by atoms with Crippen molar-refractivity contribution in [3.63, 3.8) is 0 Å². The molecular weight excluding hydrogens is 389 g/mol. The first-order chi connectivity index (χ1) is 13.6. The van der Waals surface area contributed by atoms with Crippen LogP contribution in [0.25, 0.3) is 5.69 Å². The van der Waals surface area contributed by atoms with Gasteiger partial charge in [-0.25, -0.2) is 4.68 Å². The van der Waals surface area contributed by atoms with Gasteiger partial charge in [-0.2, -0.15) is 18.3 Å². The van der Waals surface area contributed by atoms with E-state index in [0.29, 0.717) is 0 Å². The lowest BCUT2D eigenvalue weighted by Gasteiger charge is -2.17. The van der Waals surface area contributed by atoms with Crippen molar-refractivity contribution in [2.75, 3.05) is 7.11 Å². The molecule has 2 unspecified atom stereocenters. The average molecular weight is 412 g/mol. The molecular formula is C19H23F3N4O3. The molecule has 0 saturated carbocycles. The van der Waals surface area contributed by atoms with E-state index in [1.165, 1.54) is 32.4 Å². The Morgan fingerprint density at radius 1 is 1.24 bits per heavy atom. The van der Waals surface area contributed by atoms with Gasteiger partial charge in [0, 0.05) is 6.04 Å². The third-order valence-corrected chi connectivity index (χ3v) is 4.30. The summed E-state index contributed by atoms with van der Waals surface area (Å²) >= 11 is 0. The van der Waals surface area contributed by atoms with Crippen LogP contribution >= 0.6 is 0 Å². The van der Waals surface area contributed by atoms with Crippen LogP contribution in [0.4, 0.5) is 13.2 Å². The topological polar surface area (TPSA) is 85.3 Å². The van der Waals surface area contributed by atoms with E-state index in [0.717, 1.165) is 23.2 Å². The molecule has 1 aromatic heterocycles. The third-order valence-electron chi connectivity index (χ3n) is 4.30. The Morgan fingerprint density at radius 3 is 2.52 bits per heavy atom. The molecule has 10 heteroatoms. The van der Waals surface area contributed by atoms with Gasteiger partial charge in [-0.05, 0) is 38.5 Å². The monoisotopic (exact) mass is 412 g/mol. The molecule has 2 rings (SSSR count). The van der Waals surface area contributed by atoms with Crippen LogP contribution in [-0.4, -0.2) is 40.8 Å². The molecule has 2 amide bonds. The van der Waals surface area contributed by atoms with Gasteiger partial charge in [0.2, 0.25) is 5.91 Å². The van der Waals surface area contributed by atoms with Crippen molar-refractivity contribution in [1.82, 2.24) is 20.4 Å². The third kappa shape index (κ3) is 5.49. The van der Waals surface area contributed by atoms with E-state index in [9.17, 15) is 22.8 Å². The van der Waals surface area contributed by atoms with Gasteiger partial charge < -0.3 is 15.4 Å². The minimum atomic E-state index is -4.51. The number of hydrogen-bond donors (Lipinski definition) is 2. The van der Waals surface area contributed by atoms with Gasteiger partial charge in [0.25, 0.3) is 5.91 Å². The maximum absolute atomic E-state index is 12.9. The van der Waals surface area contributed by atoms with Gasteiger partial charge in [-0.3, -0.25) is 9.59 Å². The van der Waals surface area contributed by atoms with E-state index in [1.54, 1.807) is 0 Å². The zero-order chi connectivity index (χ0) is 21.8.